The number of halogens is 26. The second-order valence-corrected chi connectivity index (χ2v) is 9.64. The van der Waals surface area contributed by atoms with Gasteiger partial charge in [0.2, 0.25) is 11.8 Å². The zero-order valence-electron chi connectivity index (χ0n) is 22.6. The van der Waals surface area contributed by atoms with Crippen molar-refractivity contribution in [3.8, 4) is 0 Å². The standard InChI is InChI=1S/C19H13F26N3O2/c20-8(21,10(24,25)12(28,29)14(32,33)16(36,37)18(40,41)42)3-47-6(49)2-1-5(46)7(50)48-4-9(22,23)11(26,27)13(30,31)15(34,35)17(38,39)19(43,44)45/h5H,1-4,46H2,(H,47,49)(H,48,50). The number of carbonyl (C=O) groups excluding carboxylic acids is 2. The van der Waals surface area contributed by atoms with Crippen molar-refractivity contribution in [2.24, 2.45) is 5.73 Å². The zero-order valence-corrected chi connectivity index (χ0v) is 22.6. The minimum Gasteiger partial charge on any atom is -0.350 e. The molecule has 0 aliphatic heterocycles. The average molecular weight is 809 g/mol. The number of rotatable bonds is 16. The van der Waals surface area contributed by atoms with E-state index in [9.17, 15) is 124 Å². The summed E-state index contributed by atoms with van der Waals surface area (Å²) in [5.74, 6) is -83.3. The first-order valence-corrected chi connectivity index (χ1v) is 11.6. The molecule has 1 atom stereocenters. The molecule has 298 valence electrons. The summed E-state index contributed by atoms with van der Waals surface area (Å²) in [6.07, 6.45) is -18.7. The quantitative estimate of drug-likeness (QED) is 0.150. The second kappa shape index (κ2) is 13.2. The number of alkyl halides is 26. The summed E-state index contributed by atoms with van der Waals surface area (Å²) in [4.78, 5) is 23.1. The number of nitrogens with one attached hydrogen (secondary N) is 2. The Morgan fingerprint density at radius 3 is 0.960 bits per heavy atom. The van der Waals surface area contributed by atoms with Crippen LogP contribution in [-0.4, -0.2) is 103 Å². The van der Waals surface area contributed by atoms with E-state index in [2.05, 4.69) is 0 Å². The second-order valence-electron chi connectivity index (χ2n) is 9.64. The average Bonchev–Trinajstić information content (AvgIpc) is 2.91. The molecule has 1 unspecified atom stereocenters. The van der Waals surface area contributed by atoms with Crippen molar-refractivity contribution < 1.29 is 124 Å². The molecule has 0 fully saturated rings. The molecule has 2 amide bonds. The van der Waals surface area contributed by atoms with E-state index in [1.54, 1.807) is 0 Å². The third-order valence-corrected chi connectivity index (χ3v) is 6.01. The summed E-state index contributed by atoms with van der Waals surface area (Å²) in [6, 6.07) is -2.67. The first-order chi connectivity index (χ1) is 21.4. The maximum atomic E-state index is 13.7. The van der Waals surface area contributed by atoms with Crippen molar-refractivity contribution in [1.29, 1.82) is 0 Å². The molecule has 0 aliphatic carbocycles. The highest BCUT2D eigenvalue weighted by Crippen LogP contribution is 2.61. The van der Waals surface area contributed by atoms with Crippen LogP contribution in [0.1, 0.15) is 12.8 Å². The van der Waals surface area contributed by atoms with Gasteiger partial charge in [0.05, 0.1) is 19.1 Å². The van der Waals surface area contributed by atoms with Gasteiger partial charge in [0, 0.05) is 6.42 Å². The van der Waals surface area contributed by atoms with Crippen molar-refractivity contribution in [3.63, 3.8) is 0 Å². The van der Waals surface area contributed by atoms with Crippen molar-refractivity contribution in [2.75, 3.05) is 13.1 Å². The first kappa shape index (κ1) is 47.1. The Kier molecular flexibility index (Phi) is 12.5. The minimum atomic E-state index is -8.30. The molecule has 0 aromatic carbocycles. The monoisotopic (exact) mass is 809 g/mol. The van der Waals surface area contributed by atoms with E-state index in [4.69, 9.17) is 5.73 Å². The van der Waals surface area contributed by atoms with Crippen LogP contribution in [0.15, 0.2) is 0 Å². The zero-order chi connectivity index (χ0) is 41.0. The lowest BCUT2D eigenvalue weighted by Gasteiger charge is -2.39. The number of hydrogen-bond donors (Lipinski definition) is 3. The van der Waals surface area contributed by atoms with Gasteiger partial charge in [-0.1, -0.05) is 0 Å². The van der Waals surface area contributed by atoms with Crippen LogP contribution in [0.2, 0.25) is 0 Å². The molecule has 0 aliphatic rings. The van der Waals surface area contributed by atoms with E-state index in [0.717, 1.165) is 0 Å². The van der Waals surface area contributed by atoms with Crippen LogP contribution < -0.4 is 16.4 Å². The largest absolute Gasteiger partial charge is 0.460 e. The lowest BCUT2D eigenvalue weighted by molar-refractivity contribution is -0.439. The third kappa shape index (κ3) is 7.50. The molecule has 31 heteroatoms. The van der Waals surface area contributed by atoms with Gasteiger partial charge in [-0.3, -0.25) is 9.59 Å². The van der Waals surface area contributed by atoms with Gasteiger partial charge in [-0.2, -0.15) is 114 Å². The molecular weight excluding hydrogens is 796 g/mol. The van der Waals surface area contributed by atoms with E-state index in [1.807, 2.05) is 0 Å². The van der Waals surface area contributed by atoms with E-state index < -0.39 is 115 Å². The Bertz CT molecular complexity index is 1220. The Hall–Kier alpha value is -2.92. The van der Waals surface area contributed by atoms with Gasteiger partial charge in [0.15, 0.2) is 0 Å². The summed E-state index contributed by atoms with van der Waals surface area (Å²) < 4.78 is 339. The van der Waals surface area contributed by atoms with Gasteiger partial charge in [0.1, 0.15) is 0 Å². The Labute approximate surface area is 256 Å². The molecule has 0 bridgehead atoms. The molecular formula is C19H13F26N3O2. The van der Waals surface area contributed by atoms with Crippen LogP contribution in [0.3, 0.4) is 0 Å². The summed E-state index contributed by atoms with van der Waals surface area (Å²) in [6.45, 7) is -6.66. The van der Waals surface area contributed by atoms with Crippen LogP contribution in [0, 0.1) is 0 Å². The van der Waals surface area contributed by atoms with Gasteiger partial charge in [0.25, 0.3) is 0 Å². The molecule has 4 N–H and O–H groups in total. The molecule has 5 nitrogen and oxygen atoms in total. The van der Waals surface area contributed by atoms with Crippen molar-refractivity contribution in [2.45, 2.75) is 90.5 Å². The van der Waals surface area contributed by atoms with E-state index >= 15 is 0 Å². The van der Waals surface area contributed by atoms with Crippen LogP contribution in [0.4, 0.5) is 114 Å². The van der Waals surface area contributed by atoms with E-state index in [1.165, 1.54) is 0 Å². The molecule has 0 saturated carbocycles. The van der Waals surface area contributed by atoms with Gasteiger partial charge < -0.3 is 16.4 Å². The van der Waals surface area contributed by atoms with Gasteiger partial charge in [-0.15, -0.1) is 0 Å². The molecule has 0 aromatic rings. The van der Waals surface area contributed by atoms with Crippen LogP contribution in [-0.2, 0) is 9.59 Å². The summed E-state index contributed by atoms with van der Waals surface area (Å²) >= 11 is 0. The van der Waals surface area contributed by atoms with E-state index in [-0.39, 0.29) is 0 Å². The number of hydrogen-bond acceptors (Lipinski definition) is 3. The van der Waals surface area contributed by atoms with Crippen LogP contribution in [0.25, 0.3) is 0 Å². The summed E-state index contributed by atoms with van der Waals surface area (Å²) in [5, 5.41) is 0.933. The summed E-state index contributed by atoms with van der Waals surface area (Å²) in [5.41, 5.74) is 4.87. The summed E-state index contributed by atoms with van der Waals surface area (Å²) in [7, 11) is 0. The molecule has 0 rings (SSSR count). The Balaban J connectivity index is 5.64. The van der Waals surface area contributed by atoms with Crippen molar-refractivity contribution in [3.05, 3.63) is 0 Å². The topological polar surface area (TPSA) is 84.2 Å². The predicted octanol–water partition coefficient (Wildman–Crippen LogP) is 6.80. The third-order valence-electron chi connectivity index (χ3n) is 6.01. The molecule has 0 aromatic heterocycles. The minimum absolute atomic E-state index is 0.446. The van der Waals surface area contributed by atoms with Gasteiger partial charge in [-0.25, -0.2) is 0 Å². The lowest BCUT2D eigenvalue weighted by atomic mass is 9.94. The van der Waals surface area contributed by atoms with Crippen LogP contribution >= 0.6 is 0 Å². The predicted molar refractivity (Wildman–Crippen MR) is 105 cm³/mol. The lowest BCUT2D eigenvalue weighted by Crippen LogP contribution is -2.71. The number of nitrogens with two attached hydrogens (primary N) is 1. The Morgan fingerprint density at radius 1 is 0.420 bits per heavy atom. The SMILES string of the molecule is NC(CCC(=O)NCC(F)(F)C(F)(F)C(F)(F)C(F)(F)C(F)(F)C(F)(F)F)C(=O)NCC(F)(F)C(F)(F)C(F)(F)C(F)(F)C(F)(F)C(F)(F)F. The van der Waals surface area contributed by atoms with Crippen molar-refractivity contribution in [1.82, 2.24) is 10.6 Å². The Morgan fingerprint density at radius 2 is 0.680 bits per heavy atom. The molecule has 0 spiro atoms. The van der Waals surface area contributed by atoms with E-state index in [0.29, 0.717) is 10.6 Å². The number of amides is 2. The van der Waals surface area contributed by atoms with Gasteiger partial charge >= 0.3 is 71.6 Å². The fourth-order valence-electron chi connectivity index (χ4n) is 2.87. The maximum Gasteiger partial charge on any atom is 0.460 e. The molecule has 0 saturated heterocycles. The fraction of sp³-hybridized carbons (Fsp3) is 0.895. The maximum absolute atomic E-state index is 13.7. The normalized spacial score (nSPS) is 16.3. The van der Waals surface area contributed by atoms with Gasteiger partial charge in [-0.05, 0) is 6.42 Å². The molecule has 50 heavy (non-hydrogen) atoms. The van der Waals surface area contributed by atoms with Crippen molar-refractivity contribution >= 4 is 11.8 Å². The highest BCUT2D eigenvalue weighted by molar-refractivity contribution is 5.83. The molecule has 0 radical (unpaired) electrons. The molecule has 0 heterocycles. The highest BCUT2D eigenvalue weighted by atomic mass is 19.4. The van der Waals surface area contributed by atoms with Crippen LogP contribution in [0.5, 0.6) is 0 Å². The highest BCUT2D eigenvalue weighted by Gasteiger charge is 2.92. The fourth-order valence-corrected chi connectivity index (χ4v) is 2.87. The smallest absolute Gasteiger partial charge is 0.350 e. The first-order valence-electron chi connectivity index (χ1n) is 11.6. The number of carbonyl (C=O) groups is 2.